The molecule has 0 spiro atoms. The van der Waals surface area contributed by atoms with Crippen molar-refractivity contribution in [2.75, 3.05) is 26.4 Å². The van der Waals surface area contributed by atoms with Gasteiger partial charge in [0.15, 0.2) is 0 Å². The number of carbonyl (C=O) groups is 2. The maximum atomic E-state index is 11.5. The molecular formula is C18H34O5. The van der Waals surface area contributed by atoms with Crippen LogP contribution >= 0.6 is 0 Å². The van der Waals surface area contributed by atoms with Crippen molar-refractivity contribution in [2.24, 2.45) is 0 Å². The zero-order chi connectivity index (χ0) is 17.2. The molecule has 136 valence electrons. The van der Waals surface area contributed by atoms with Gasteiger partial charge in [-0.25, -0.2) is 0 Å². The van der Waals surface area contributed by atoms with Gasteiger partial charge in [0, 0.05) is 13.3 Å². The first kappa shape index (κ1) is 21.9. The average Bonchev–Trinajstić information content (AvgIpc) is 2.52. The van der Waals surface area contributed by atoms with Gasteiger partial charge in [-0.15, -0.1) is 0 Å². The molecule has 0 unspecified atom stereocenters. The molecule has 0 heterocycles. The minimum atomic E-state index is -0.319. The van der Waals surface area contributed by atoms with Crippen LogP contribution in [0.1, 0.15) is 78.1 Å². The number of unbranched alkanes of at least 4 members (excludes halogenated alkanes) is 8. The topological polar surface area (TPSA) is 61.8 Å². The van der Waals surface area contributed by atoms with E-state index in [2.05, 4.69) is 6.92 Å². The van der Waals surface area contributed by atoms with Gasteiger partial charge in [0.05, 0.1) is 13.2 Å². The highest BCUT2D eigenvalue weighted by Gasteiger charge is 2.02. The van der Waals surface area contributed by atoms with Gasteiger partial charge in [0.2, 0.25) is 0 Å². The molecule has 0 atom stereocenters. The summed E-state index contributed by atoms with van der Waals surface area (Å²) in [5.41, 5.74) is 0. The van der Waals surface area contributed by atoms with E-state index in [0.29, 0.717) is 19.6 Å². The van der Waals surface area contributed by atoms with Gasteiger partial charge in [-0.3, -0.25) is 9.59 Å². The number of esters is 2. The Morgan fingerprint density at radius 3 is 1.78 bits per heavy atom. The molecule has 0 radical (unpaired) electrons. The van der Waals surface area contributed by atoms with Crippen LogP contribution in [0.2, 0.25) is 0 Å². The molecule has 0 bridgehead atoms. The Hall–Kier alpha value is -1.10. The number of hydrogen-bond acceptors (Lipinski definition) is 5. The number of ether oxygens (including phenoxy) is 3. The molecule has 5 heteroatoms. The maximum absolute atomic E-state index is 11.5. The molecule has 0 aromatic heterocycles. The molecule has 5 nitrogen and oxygen atoms in total. The van der Waals surface area contributed by atoms with Gasteiger partial charge in [0.25, 0.3) is 0 Å². The molecule has 0 aliphatic heterocycles. The van der Waals surface area contributed by atoms with Crippen LogP contribution in [-0.2, 0) is 23.8 Å². The summed E-state index contributed by atoms with van der Waals surface area (Å²) >= 11 is 0. The summed E-state index contributed by atoms with van der Waals surface area (Å²) in [6, 6.07) is 0. The van der Waals surface area contributed by atoms with Gasteiger partial charge >= 0.3 is 11.9 Å². The lowest BCUT2D eigenvalue weighted by Gasteiger charge is -2.06. The smallest absolute Gasteiger partial charge is 0.305 e. The Morgan fingerprint density at radius 2 is 1.22 bits per heavy atom. The summed E-state index contributed by atoms with van der Waals surface area (Å²) in [6.07, 6.45) is 11.6. The standard InChI is InChI=1S/C18H34O5/c1-3-4-5-6-7-8-9-10-11-12-18(20)23-16-14-21-13-15-22-17(2)19/h3-16H2,1-2H3. The third kappa shape index (κ3) is 18.9. The minimum Gasteiger partial charge on any atom is -0.463 e. The summed E-state index contributed by atoms with van der Waals surface area (Å²) in [4.78, 5) is 22.0. The van der Waals surface area contributed by atoms with Crippen LogP contribution in [0, 0.1) is 0 Å². The lowest BCUT2D eigenvalue weighted by atomic mass is 10.1. The second-order valence-corrected chi connectivity index (χ2v) is 5.75. The van der Waals surface area contributed by atoms with Crippen molar-refractivity contribution in [2.45, 2.75) is 78.1 Å². The van der Waals surface area contributed by atoms with E-state index in [4.69, 9.17) is 14.2 Å². The summed E-state index contributed by atoms with van der Waals surface area (Å²) in [7, 11) is 0. The van der Waals surface area contributed by atoms with Gasteiger partial charge < -0.3 is 14.2 Å². The summed E-state index contributed by atoms with van der Waals surface area (Å²) in [5, 5.41) is 0. The highest BCUT2D eigenvalue weighted by Crippen LogP contribution is 2.10. The van der Waals surface area contributed by atoms with Crippen LogP contribution < -0.4 is 0 Å². The molecule has 0 saturated carbocycles. The highest BCUT2D eigenvalue weighted by atomic mass is 16.6. The first-order valence-corrected chi connectivity index (χ1v) is 9.03. The second-order valence-electron chi connectivity index (χ2n) is 5.75. The fourth-order valence-electron chi connectivity index (χ4n) is 2.21. The van der Waals surface area contributed by atoms with Crippen molar-refractivity contribution >= 4 is 11.9 Å². The Labute approximate surface area is 141 Å². The van der Waals surface area contributed by atoms with Gasteiger partial charge in [-0.2, -0.15) is 0 Å². The largest absolute Gasteiger partial charge is 0.463 e. The molecule has 23 heavy (non-hydrogen) atoms. The molecule has 0 saturated heterocycles. The molecule has 0 amide bonds. The van der Waals surface area contributed by atoms with Crippen molar-refractivity contribution in [3.05, 3.63) is 0 Å². The second kappa shape index (κ2) is 17.3. The van der Waals surface area contributed by atoms with Gasteiger partial charge in [-0.1, -0.05) is 58.3 Å². The van der Waals surface area contributed by atoms with E-state index in [1.165, 1.54) is 51.9 Å². The Kier molecular flexibility index (Phi) is 16.4. The van der Waals surface area contributed by atoms with E-state index in [1.54, 1.807) is 0 Å². The van der Waals surface area contributed by atoms with Crippen LogP contribution in [0.15, 0.2) is 0 Å². The van der Waals surface area contributed by atoms with E-state index < -0.39 is 0 Å². The lowest BCUT2D eigenvalue weighted by molar-refractivity contribution is -0.145. The Bertz CT molecular complexity index is 291. The number of carbonyl (C=O) groups excluding carboxylic acids is 2. The van der Waals surface area contributed by atoms with E-state index in [9.17, 15) is 9.59 Å². The van der Waals surface area contributed by atoms with Crippen molar-refractivity contribution < 1.29 is 23.8 Å². The van der Waals surface area contributed by atoms with E-state index >= 15 is 0 Å². The highest BCUT2D eigenvalue weighted by molar-refractivity contribution is 5.69. The average molecular weight is 330 g/mol. The fraction of sp³-hybridized carbons (Fsp3) is 0.889. The van der Waals surface area contributed by atoms with E-state index in [1.807, 2.05) is 0 Å². The Balaban J connectivity index is 3.17. The monoisotopic (exact) mass is 330 g/mol. The summed E-state index contributed by atoms with van der Waals surface area (Å²) in [6.45, 7) is 4.75. The van der Waals surface area contributed by atoms with Crippen LogP contribution in [0.3, 0.4) is 0 Å². The summed E-state index contributed by atoms with van der Waals surface area (Å²) < 4.78 is 15.0. The molecule has 0 aliphatic rings. The van der Waals surface area contributed by atoms with E-state index in [-0.39, 0.29) is 25.2 Å². The zero-order valence-electron chi connectivity index (χ0n) is 14.9. The molecule has 0 N–H and O–H groups in total. The number of rotatable bonds is 16. The first-order chi connectivity index (χ1) is 11.2. The normalized spacial score (nSPS) is 10.5. The van der Waals surface area contributed by atoms with Crippen molar-refractivity contribution in [3.8, 4) is 0 Å². The van der Waals surface area contributed by atoms with Gasteiger partial charge in [0.1, 0.15) is 13.2 Å². The van der Waals surface area contributed by atoms with Crippen LogP contribution in [0.25, 0.3) is 0 Å². The third-order valence-electron chi connectivity index (χ3n) is 3.51. The zero-order valence-corrected chi connectivity index (χ0v) is 14.9. The SMILES string of the molecule is CCCCCCCCCCCC(=O)OCCOCCOC(C)=O. The minimum absolute atomic E-state index is 0.156. The molecule has 0 rings (SSSR count). The van der Waals surface area contributed by atoms with E-state index in [0.717, 1.165) is 12.8 Å². The van der Waals surface area contributed by atoms with Crippen molar-refractivity contribution in [1.29, 1.82) is 0 Å². The maximum Gasteiger partial charge on any atom is 0.305 e. The first-order valence-electron chi connectivity index (χ1n) is 9.03. The van der Waals surface area contributed by atoms with Crippen molar-refractivity contribution in [3.63, 3.8) is 0 Å². The van der Waals surface area contributed by atoms with Crippen LogP contribution in [0.4, 0.5) is 0 Å². The van der Waals surface area contributed by atoms with Crippen LogP contribution in [-0.4, -0.2) is 38.4 Å². The quantitative estimate of drug-likeness (QED) is 0.316. The Morgan fingerprint density at radius 1 is 0.696 bits per heavy atom. The molecular weight excluding hydrogens is 296 g/mol. The third-order valence-corrected chi connectivity index (χ3v) is 3.51. The summed E-state index contributed by atoms with van der Waals surface area (Å²) in [5.74, 6) is -0.475. The van der Waals surface area contributed by atoms with Crippen molar-refractivity contribution in [1.82, 2.24) is 0 Å². The van der Waals surface area contributed by atoms with Gasteiger partial charge in [-0.05, 0) is 6.42 Å². The lowest BCUT2D eigenvalue weighted by Crippen LogP contribution is -2.13. The fourth-order valence-corrected chi connectivity index (χ4v) is 2.21. The molecule has 0 aliphatic carbocycles. The number of hydrogen-bond donors (Lipinski definition) is 0. The molecule has 0 aromatic rings. The molecule has 0 fully saturated rings. The molecule has 0 aromatic carbocycles. The predicted molar refractivity (Wildman–Crippen MR) is 90.3 cm³/mol. The van der Waals surface area contributed by atoms with Crippen LogP contribution in [0.5, 0.6) is 0 Å². The predicted octanol–water partition coefficient (Wildman–Crippen LogP) is 4.03.